The first-order chi connectivity index (χ1) is 9.55. The van der Waals surface area contributed by atoms with E-state index in [0.29, 0.717) is 6.42 Å². The van der Waals surface area contributed by atoms with E-state index in [9.17, 15) is 14.4 Å². The SMILES string of the molecule is CCC1(C(=O)C(C#N)c2c(F)cccc2Cl)CCCC1. The summed E-state index contributed by atoms with van der Waals surface area (Å²) in [6, 6.07) is 6.20. The van der Waals surface area contributed by atoms with E-state index in [4.69, 9.17) is 11.6 Å². The van der Waals surface area contributed by atoms with E-state index in [2.05, 4.69) is 0 Å². The van der Waals surface area contributed by atoms with Gasteiger partial charge in [-0.05, 0) is 31.4 Å². The van der Waals surface area contributed by atoms with Crippen molar-refractivity contribution in [1.29, 1.82) is 5.26 Å². The van der Waals surface area contributed by atoms with Gasteiger partial charge in [-0.3, -0.25) is 4.79 Å². The van der Waals surface area contributed by atoms with Crippen molar-refractivity contribution >= 4 is 17.4 Å². The lowest BCUT2D eigenvalue weighted by Crippen LogP contribution is -2.32. The number of hydrogen-bond donors (Lipinski definition) is 0. The molecule has 1 aliphatic carbocycles. The van der Waals surface area contributed by atoms with Gasteiger partial charge in [0.25, 0.3) is 0 Å². The number of nitriles is 1. The fourth-order valence-electron chi connectivity index (χ4n) is 3.17. The number of carbonyl (C=O) groups is 1. The number of halogens is 2. The van der Waals surface area contributed by atoms with Crippen molar-refractivity contribution in [3.05, 3.63) is 34.6 Å². The van der Waals surface area contributed by atoms with Crippen molar-refractivity contribution in [2.75, 3.05) is 0 Å². The molecule has 0 spiro atoms. The topological polar surface area (TPSA) is 40.9 Å². The van der Waals surface area contributed by atoms with Crippen LogP contribution in [0.2, 0.25) is 5.02 Å². The van der Waals surface area contributed by atoms with E-state index < -0.39 is 17.2 Å². The molecule has 1 fully saturated rings. The zero-order valence-corrected chi connectivity index (χ0v) is 12.2. The monoisotopic (exact) mass is 293 g/mol. The minimum atomic E-state index is -1.11. The first kappa shape index (κ1) is 15.0. The van der Waals surface area contributed by atoms with Crippen LogP contribution < -0.4 is 0 Å². The number of benzene rings is 1. The maximum atomic E-state index is 14.0. The second-order valence-corrected chi connectivity index (χ2v) is 5.81. The van der Waals surface area contributed by atoms with E-state index >= 15 is 0 Å². The summed E-state index contributed by atoms with van der Waals surface area (Å²) < 4.78 is 14.0. The third-order valence-corrected chi connectivity index (χ3v) is 4.77. The van der Waals surface area contributed by atoms with Gasteiger partial charge in [0.05, 0.1) is 6.07 Å². The van der Waals surface area contributed by atoms with Gasteiger partial charge in [0.1, 0.15) is 11.7 Å². The third-order valence-electron chi connectivity index (χ3n) is 4.44. The maximum absolute atomic E-state index is 14.0. The number of ketones is 1. The van der Waals surface area contributed by atoms with E-state index in [0.717, 1.165) is 25.7 Å². The van der Waals surface area contributed by atoms with Gasteiger partial charge in [-0.1, -0.05) is 37.4 Å². The van der Waals surface area contributed by atoms with Crippen LogP contribution >= 0.6 is 11.6 Å². The molecule has 0 saturated heterocycles. The summed E-state index contributed by atoms with van der Waals surface area (Å²) in [7, 11) is 0. The van der Waals surface area contributed by atoms with Gasteiger partial charge < -0.3 is 0 Å². The van der Waals surface area contributed by atoms with Crippen LogP contribution in [-0.2, 0) is 4.79 Å². The molecule has 0 aliphatic heterocycles. The molecule has 1 atom stereocenters. The Balaban J connectivity index is 2.43. The van der Waals surface area contributed by atoms with Crippen LogP contribution in [0.15, 0.2) is 18.2 Å². The van der Waals surface area contributed by atoms with Crippen LogP contribution in [0.4, 0.5) is 4.39 Å². The molecule has 106 valence electrons. The fourth-order valence-corrected chi connectivity index (χ4v) is 3.45. The molecule has 0 N–H and O–H groups in total. The average Bonchev–Trinajstić information content (AvgIpc) is 2.92. The Hall–Kier alpha value is -1.40. The molecule has 20 heavy (non-hydrogen) atoms. The normalized spacial score (nSPS) is 18.5. The summed E-state index contributed by atoms with van der Waals surface area (Å²) in [5.74, 6) is -1.87. The van der Waals surface area contributed by atoms with Crippen molar-refractivity contribution in [1.82, 2.24) is 0 Å². The fraction of sp³-hybridized carbons (Fsp3) is 0.500. The van der Waals surface area contributed by atoms with Gasteiger partial charge in [-0.15, -0.1) is 0 Å². The Morgan fingerprint density at radius 2 is 2.15 bits per heavy atom. The summed E-state index contributed by atoms with van der Waals surface area (Å²) in [5, 5.41) is 9.52. The van der Waals surface area contributed by atoms with Gasteiger partial charge in [0.15, 0.2) is 5.78 Å². The van der Waals surface area contributed by atoms with Gasteiger partial charge in [-0.25, -0.2) is 4.39 Å². The third kappa shape index (κ3) is 2.45. The lowest BCUT2D eigenvalue weighted by Gasteiger charge is -2.28. The Morgan fingerprint density at radius 3 is 2.65 bits per heavy atom. The molecule has 2 rings (SSSR count). The van der Waals surface area contributed by atoms with Gasteiger partial charge in [0, 0.05) is 16.0 Å². The molecule has 1 aliphatic rings. The second kappa shape index (κ2) is 5.93. The van der Waals surface area contributed by atoms with Crippen LogP contribution in [-0.4, -0.2) is 5.78 Å². The highest BCUT2D eigenvalue weighted by atomic mass is 35.5. The highest BCUT2D eigenvalue weighted by Crippen LogP contribution is 2.45. The molecule has 1 saturated carbocycles. The zero-order chi connectivity index (χ0) is 14.8. The molecule has 0 aromatic heterocycles. The largest absolute Gasteiger partial charge is 0.297 e. The summed E-state index contributed by atoms with van der Waals surface area (Å²) in [5.41, 5.74) is -0.451. The van der Waals surface area contributed by atoms with Crippen LogP contribution in [0, 0.1) is 22.6 Å². The Kier molecular flexibility index (Phi) is 4.45. The zero-order valence-electron chi connectivity index (χ0n) is 11.5. The lowest BCUT2D eigenvalue weighted by molar-refractivity contribution is -0.129. The summed E-state index contributed by atoms with van der Waals surface area (Å²) in [4.78, 5) is 12.8. The quantitative estimate of drug-likeness (QED) is 0.812. The summed E-state index contributed by atoms with van der Waals surface area (Å²) in [6.07, 6.45) is 4.24. The van der Waals surface area contributed by atoms with Crippen molar-refractivity contribution in [2.24, 2.45) is 5.41 Å². The van der Waals surface area contributed by atoms with Gasteiger partial charge in [0.2, 0.25) is 0 Å². The van der Waals surface area contributed by atoms with Crippen molar-refractivity contribution < 1.29 is 9.18 Å². The Bertz CT molecular complexity index is 538. The number of nitrogens with zero attached hydrogens (tertiary/aromatic N) is 1. The molecule has 1 aromatic rings. The molecule has 1 unspecified atom stereocenters. The smallest absolute Gasteiger partial charge is 0.160 e. The van der Waals surface area contributed by atoms with Crippen LogP contribution in [0.3, 0.4) is 0 Å². The minimum absolute atomic E-state index is 0.0291. The molecule has 0 radical (unpaired) electrons. The van der Waals surface area contributed by atoms with Gasteiger partial charge in [-0.2, -0.15) is 5.26 Å². The van der Waals surface area contributed by atoms with Crippen molar-refractivity contribution in [3.63, 3.8) is 0 Å². The predicted molar refractivity (Wildman–Crippen MR) is 76.0 cm³/mol. The van der Waals surface area contributed by atoms with E-state index in [1.807, 2.05) is 13.0 Å². The standard InChI is InChI=1S/C16H17ClFNO/c1-2-16(8-3-4-9-16)15(20)11(10-19)14-12(17)6-5-7-13(14)18/h5-7,11H,2-4,8-9H2,1H3. The maximum Gasteiger partial charge on any atom is 0.160 e. The molecule has 0 bridgehead atoms. The Labute approximate surface area is 123 Å². The number of hydrogen-bond acceptors (Lipinski definition) is 2. The molecular formula is C16H17ClFNO. The number of rotatable bonds is 4. The second-order valence-electron chi connectivity index (χ2n) is 5.40. The first-order valence-corrected chi connectivity index (χ1v) is 7.31. The first-order valence-electron chi connectivity index (χ1n) is 6.93. The summed E-state index contributed by atoms with van der Waals surface area (Å²) in [6.45, 7) is 1.96. The molecular weight excluding hydrogens is 277 g/mol. The molecule has 2 nitrogen and oxygen atoms in total. The number of Topliss-reactive ketones (excluding diaryl/α,β-unsaturated/α-hetero) is 1. The molecule has 4 heteroatoms. The van der Waals surface area contributed by atoms with Crippen molar-refractivity contribution in [2.45, 2.75) is 44.9 Å². The van der Waals surface area contributed by atoms with E-state index in [1.54, 1.807) is 0 Å². The lowest BCUT2D eigenvalue weighted by atomic mass is 9.73. The molecule has 0 heterocycles. The molecule has 0 amide bonds. The summed E-state index contributed by atoms with van der Waals surface area (Å²) >= 11 is 6.00. The molecule has 1 aromatic carbocycles. The van der Waals surface area contributed by atoms with Gasteiger partial charge >= 0.3 is 0 Å². The highest BCUT2D eigenvalue weighted by Gasteiger charge is 2.44. The van der Waals surface area contributed by atoms with Crippen LogP contribution in [0.25, 0.3) is 0 Å². The Morgan fingerprint density at radius 1 is 1.50 bits per heavy atom. The minimum Gasteiger partial charge on any atom is -0.297 e. The number of carbonyl (C=O) groups excluding carboxylic acids is 1. The average molecular weight is 294 g/mol. The van der Waals surface area contributed by atoms with E-state index in [-0.39, 0.29) is 16.4 Å². The van der Waals surface area contributed by atoms with Crippen molar-refractivity contribution in [3.8, 4) is 6.07 Å². The van der Waals surface area contributed by atoms with Crippen LogP contribution in [0.5, 0.6) is 0 Å². The predicted octanol–water partition coefficient (Wildman–Crippen LogP) is 4.63. The highest BCUT2D eigenvalue weighted by molar-refractivity contribution is 6.31. The van der Waals surface area contributed by atoms with Crippen LogP contribution in [0.1, 0.15) is 50.5 Å². The van der Waals surface area contributed by atoms with E-state index in [1.165, 1.54) is 18.2 Å².